The first-order valence-corrected chi connectivity index (χ1v) is 15.0. The summed E-state index contributed by atoms with van der Waals surface area (Å²) in [6.07, 6.45) is -32.6. The molecular formula is C26H45NO20. The molecule has 20 atom stereocenters. The van der Waals surface area contributed by atoms with Crippen LogP contribution in [-0.2, 0) is 38.0 Å². The lowest BCUT2D eigenvalue weighted by molar-refractivity contribution is -0.393. The van der Waals surface area contributed by atoms with Crippen molar-refractivity contribution in [2.24, 2.45) is 0 Å². The minimum Gasteiger partial charge on any atom is -0.394 e. The molecule has 47 heavy (non-hydrogen) atoms. The Morgan fingerprint density at radius 3 is 1.62 bits per heavy atom. The highest BCUT2D eigenvalue weighted by molar-refractivity contribution is 5.73. The van der Waals surface area contributed by atoms with Crippen molar-refractivity contribution in [3.8, 4) is 0 Å². The maximum Gasteiger partial charge on any atom is 0.217 e. The predicted octanol–water partition coefficient (Wildman–Crippen LogP) is -8.58. The van der Waals surface area contributed by atoms with Crippen LogP contribution in [0.15, 0.2) is 0 Å². The third kappa shape index (κ3) is 8.04. The van der Waals surface area contributed by atoms with Crippen molar-refractivity contribution in [1.29, 1.82) is 0 Å². The van der Waals surface area contributed by atoms with Crippen LogP contribution >= 0.6 is 0 Å². The van der Waals surface area contributed by atoms with Gasteiger partial charge in [0.05, 0.1) is 25.9 Å². The van der Waals surface area contributed by atoms with E-state index in [2.05, 4.69) is 5.32 Å². The highest BCUT2D eigenvalue weighted by Crippen LogP contribution is 2.35. The molecule has 0 unspecified atom stereocenters. The van der Waals surface area contributed by atoms with Gasteiger partial charge in [-0.1, -0.05) is 0 Å². The monoisotopic (exact) mass is 691 g/mol. The molecule has 4 aliphatic heterocycles. The first-order valence-electron chi connectivity index (χ1n) is 15.0. The van der Waals surface area contributed by atoms with Crippen LogP contribution in [0.4, 0.5) is 0 Å². The largest absolute Gasteiger partial charge is 0.394 e. The smallest absolute Gasteiger partial charge is 0.217 e. The van der Waals surface area contributed by atoms with Gasteiger partial charge in [0, 0.05) is 6.92 Å². The van der Waals surface area contributed by atoms with Gasteiger partial charge in [0.25, 0.3) is 0 Å². The van der Waals surface area contributed by atoms with E-state index in [4.69, 9.17) is 33.2 Å². The van der Waals surface area contributed by atoms with Crippen LogP contribution in [0.2, 0.25) is 0 Å². The normalized spacial score (nSPS) is 51.0. The fraction of sp³-hybridized carbons (Fsp3) is 0.962. The molecule has 21 heteroatoms. The van der Waals surface area contributed by atoms with E-state index in [-0.39, 0.29) is 0 Å². The summed E-state index contributed by atoms with van der Waals surface area (Å²) in [5.41, 5.74) is 0. The number of carbonyl (C=O) groups excluding carboxylic acids is 1. The van der Waals surface area contributed by atoms with Gasteiger partial charge < -0.3 is 99.8 Å². The Morgan fingerprint density at radius 1 is 0.553 bits per heavy atom. The average Bonchev–Trinajstić information content (AvgIpc) is 3.03. The van der Waals surface area contributed by atoms with Crippen molar-refractivity contribution >= 4 is 5.91 Å². The summed E-state index contributed by atoms with van der Waals surface area (Å²) in [5, 5.41) is 126. The van der Waals surface area contributed by atoms with Gasteiger partial charge in [0.2, 0.25) is 5.91 Å². The lowest BCUT2D eigenvalue weighted by atomic mass is 9.94. The van der Waals surface area contributed by atoms with E-state index in [1.54, 1.807) is 0 Å². The lowest BCUT2D eigenvalue weighted by Gasteiger charge is -2.50. The molecule has 0 radical (unpaired) electrons. The molecule has 1 amide bonds. The van der Waals surface area contributed by atoms with Crippen molar-refractivity contribution in [1.82, 2.24) is 5.32 Å². The van der Waals surface area contributed by atoms with E-state index in [0.29, 0.717) is 0 Å². The number of hydrogen-bond acceptors (Lipinski definition) is 20. The summed E-state index contributed by atoms with van der Waals surface area (Å²) in [5.74, 6) is -0.710. The second kappa shape index (κ2) is 16.2. The Morgan fingerprint density at radius 2 is 1.04 bits per heavy atom. The molecule has 4 aliphatic rings. The fourth-order valence-electron chi connectivity index (χ4n) is 5.91. The molecule has 0 spiro atoms. The number of amides is 1. The minimum atomic E-state index is -2.02. The maximum absolute atomic E-state index is 12.0. The highest BCUT2D eigenvalue weighted by atomic mass is 16.8. The van der Waals surface area contributed by atoms with Gasteiger partial charge in [-0.2, -0.15) is 0 Å². The van der Waals surface area contributed by atoms with Crippen LogP contribution in [0.3, 0.4) is 0 Å². The van der Waals surface area contributed by atoms with Crippen LogP contribution in [0.5, 0.6) is 0 Å². The highest BCUT2D eigenvalue weighted by Gasteiger charge is 2.56. The Balaban J connectivity index is 1.68. The van der Waals surface area contributed by atoms with Gasteiger partial charge in [-0.05, 0) is 6.92 Å². The number of aliphatic hydroxyl groups is 12. The standard InChI is InChI=1S/C26H45NO20/c1-6-20(16(36)17(37)23(40)41-6)45-26-19(39)22(47-24-11(27-7(2)31)14(34)12(32)8(3-28)42-24)21(10(5-30)44-26)46-25-18(38)15(35)13(33)9(4-29)43-25/h6,8-26,28-30,32-40H,3-5H2,1-2H3,(H,27,31)/t6-,8+,9+,10+,11+,12+,13+,14+,15-,16-,17+,18-,19+,20-,21-,22+,23-,24-,25-,26+/m0/s1. The molecule has 274 valence electrons. The van der Waals surface area contributed by atoms with E-state index in [9.17, 15) is 66.1 Å². The summed E-state index contributed by atoms with van der Waals surface area (Å²) in [7, 11) is 0. The Labute approximate surface area is 267 Å². The zero-order valence-electron chi connectivity index (χ0n) is 25.3. The zero-order chi connectivity index (χ0) is 34.9. The second-order valence-corrected chi connectivity index (χ2v) is 11.9. The maximum atomic E-state index is 12.0. The predicted molar refractivity (Wildman–Crippen MR) is 144 cm³/mol. The van der Waals surface area contributed by atoms with E-state index < -0.39 is 148 Å². The molecule has 0 bridgehead atoms. The van der Waals surface area contributed by atoms with E-state index in [1.807, 2.05) is 0 Å². The average molecular weight is 692 g/mol. The molecule has 0 saturated carbocycles. The number of ether oxygens (including phenoxy) is 7. The van der Waals surface area contributed by atoms with E-state index >= 15 is 0 Å². The molecule has 0 aliphatic carbocycles. The molecule has 13 N–H and O–H groups in total. The number of aliphatic hydroxyl groups excluding tert-OH is 12. The third-order valence-corrected chi connectivity index (χ3v) is 8.56. The molecule has 4 rings (SSSR count). The number of hydrogen-bond donors (Lipinski definition) is 13. The van der Waals surface area contributed by atoms with Gasteiger partial charge in [-0.25, -0.2) is 0 Å². The van der Waals surface area contributed by atoms with Crippen molar-refractivity contribution in [3.05, 3.63) is 0 Å². The van der Waals surface area contributed by atoms with Crippen molar-refractivity contribution in [2.75, 3.05) is 19.8 Å². The molecule has 4 fully saturated rings. The molecule has 0 aromatic heterocycles. The summed E-state index contributed by atoms with van der Waals surface area (Å²) in [4.78, 5) is 12.0. The summed E-state index contributed by atoms with van der Waals surface area (Å²) in [6.45, 7) is -0.122. The molecular weight excluding hydrogens is 646 g/mol. The molecule has 0 aromatic carbocycles. The quantitative estimate of drug-likeness (QED) is 0.101. The van der Waals surface area contributed by atoms with E-state index in [1.165, 1.54) is 6.92 Å². The van der Waals surface area contributed by atoms with Crippen molar-refractivity contribution in [3.63, 3.8) is 0 Å². The van der Waals surface area contributed by atoms with Crippen LogP contribution in [0.25, 0.3) is 0 Å². The minimum absolute atomic E-state index is 0.710. The topological polar surface area (TPSA) is 336 Å². The lowest BCUT2D eigenvalue weighted by Crippen LogP contribution is -2.69. The molecule has 0 aromatic rings. The van der Waals surface area contributed by atoms with Crippen LogP contribution < -0.4 is 5.32 Å². The number of nitrogens with one attached hydrogen (secondary N) is 1. The summed E-state index contributed by atoms with van der Waals surface area (Å²) >= 11 is 0. The van der Waals surface area contributed by atoms with E-state index in [0.717, 1.165) is 6.92 Å². The van der Waals surface area contributed by atoms with Gasteiger partial charge >= 0.3 is 0 Å². The molecule has 21 nitrogen and oxygen atoms in total. The van der Waals surface area contributed by atoms with Gasteiger partial charge in [0.1, 0.15) is 91.5 Å². The van der Waals surface area contributed by atoms with Crippen molar-refractivity contribution < 1.29 is 99.2 Å². The Hall–Kier alpha value is -1.29. The van der Waals surface area contributed by atoms with Gasteiger partial charge in [-0.15, -0.1) is 0 Å². The van der Waals surface area contributed by atoms with Crippen LogP contribution in [0.1, 0.15) is 13.8 Å². The SMILES string of the molecule is CC(=O)N[C@H]1[C@H](O[C@@H]2[C@@H](O)[C@@H](O[C@@H]3[C@@H](O)[C@@H](O)[C@@H](O)O[C@H]3C)O[C@H](CO)[C@@H]2O[C@@H]2O[C@H](CO)[C@@H](O)[C@H](O)[C@@H]2O)O[C@H](CO)[C@@H](O)[C@@H]1O. The first kappa shape index (κ1) is 38.5. The van der Waals surface area contributed by atoms with Crippen molar-refractivity contribution in [2.45, 2.75) is 137 Å². The molecule has 4 heterocycles. The Kier molecular flexibility index (Phi) is 13.2. The summed E-state index contributed by atoms with van der Waals surface area (Å²) < 4.78 is 39.5. The second-order valence-electron chi connectivity index (χ2n) is 11.9. The number of rotatable bonds is 10. The Bertz CT molecular complexity index is 1010. The zero-order valence-corrected chi connectivity index (χ0v) is 25.3. The van der Waals surface area contributed by atoms with Crippen LogP contribution in [0, 0.1) is 0 Å². The van der Waals surface area contributed by atoms with Gasteiger partial charge in [-0.3, -0.25) is 4.79 Å². The summed E-state index contributed by atoms with van der Waals surface area (Å²) in [6, 6.07) is -1.54. The fourth-order valence-corrected chi connectivity index (χ4v) is 5.91. The third-order valence-electron chi connectivity index (χ3n) is 8.56. The number of carbonyl (C=O) groups is 1. The first-order chi connectivity index (χ1) is 22.1. The molecule has 4 saturated heterocycles. The van der Waals surface area contributed by atoms with Crippen LogP contribution in [-0.4, -0.2) is 210 Å². The van der Waals surface area contributed by atoms with Gasteiger partial charge in [0.15, 0.2) is 25.2 Å².